The summed E-state index contributed by atoms with van der Waals surface area (Å²) in [6, 6.07) is 0. The van der Waals surface area contributed by atoms with Crippen molar-refractivity contribution in [1.82, 2.24) is 19.5 Å². The Morgan fingerprint density at radius 3 is 2.85 bits per heavy atom. The molecule has 0 aliphatic carbocycles. The van der Waals surface area contributed by atoms with Crippen molar-refractivity contribution >= 4 is 40.2 Å². The van der Waals surface area contributed by atoms with Crippen LogP contribution in [0.5, 0.6) is 0 Å². The van der Waals surface area contributed by atoms with Gasteiger partial charge in [0.15, 0.2) is 17.7 Å². The minimum Gasteiger partial charge on any atom is -0.394 e. The number of anilines is 1. The van der Waals surface area contributed by atoms with Gasteiger partial charge in [0.05, 0.1) is 12.9 Å². The van der Waals surface area contributed by atoms with Gasteiger partial charge in [-0.3, -0.25) is 4.57 Å². The Labute approximate surface area is 123 Å². The Morgan fingerprint density at radius 2 is 2.20 bits per heavy atom. The predicted octanol–water partition coefficient (Wildman–Crippen LogP) is -0.0801. The largest absolute Gasteiger partial charge is 0.394 e. The van der Waals surface area contributed by atoms with E-state index in [4.69, 9.17) is 38.8 Å². The molecule has 1 saturated heterocycles. The summed E-state index contributed by atoms with van der Waals surface area (Å²) in [4.78, 5) is 11.9. The first-order chi connectivity index (χ1) is 9.52. The van der Waals surface area contributed by atoms with Crippen LogP contribution in [0.15, 0.2) is 6.33 Å². The van der Waals surface area contributed by atoms with Crippen molar-refractivity contribution in [1.29, 1.82) is 0 Å². The molecule has 1 aliphatic heterocycles. The van der Waals surface area contributed by atoms with Crippen molar-refractivity contribution < 1.29 is 14.9 Å². The summed E-state index contributed by atoms with van der Waals surface area (Å²) in [5, 5.41) is 18.2. The first kappa shape index (κ1) is 13.8. The van der Waals surface area contributed by atoms with Crippen LogP contribution in [-0.2, 0) is 4.74 Å². The molecule has 0 aromatic carbocycles. The van der Waals surface area contributed by atoms with Crippen molar-refractivity contribution in [2.75, 3.05) is 12.3 Å². The van der Waals surface area contributed by atoms with Crippen molar-refractivity contribution in [3.63, 3.8) is 0 Å². The molecular formula is C10H11Cl2N5O3. The van der Waals surface area contributed by atoms with Crippen molar-refractivity contribution in [2.45, 2.75) is 23.8 Å². The predicted molar refractivity (Wildman–Crippen MR) is 71.4 cm³/mol. The maximum Gasteiger partial charge on any atom is 0.226 e. The third-order valence-corrected chi connectivity index (χ3v) is 3.81. The maximum absolute atomic E-state index is 9.87. The van der Waals surface area contributed by atoms with Crippen LogP contribution in [0.2, 0.25) is 5.28 Å². The van der Waals surface area contributed by atoms with Crippen LogP contribution in [-0.4, -0.2) is 53.9 Å². The summed E-state index contributed by atoms with van der Waals surface area (Å²) in [6.45, 7) is -0.342. The van der Waals surface area contributed by atoms with E-state index in [1.165, 1.54) is 10.9 Å². The summed E-state index contributed by atoms with van der Waals surface area (Å²) >= 11 is 11.9. The molecule has 2 aromatic rings. The number of fused-ring (bicyclic) bond motifs is 1. The van der Waals surface area contributed by atoms with Gasteiger partial charge in [-0.25, -0.2) is 4.98 Å². The Kier molecular flexibility index (Phi) is 3.43. The molecule has 0 saturated carbocycles. The van der Waals surface area contributed by atoms with Crippen LogP contribution in [0.25, 0.3) is 11.2 Å². The van der Waals surface area contributed by atoms with E-state index in [0.29, 0.717) is 11.2 Å². The zero-order valence-electron chi connectivity index (χ0n) is 10.0. The SMILES string of the molecule is Nc1nc(Cl)nc2c1ncn2[C@@H]1O[C@H](CO)[C@H](O)C1Cl. The van der Waals surface area contributed by atoms with Crippen molar-refractivity contribution in [3.8, 4) is 0 Å². The van der Waals surface area contributed by atoms with E-state index in [1.54, 1.807) is 0 Å². The van der Waals surface area contributed by atoms with E-state index in [2.05, 4.69) is 15.0 Å². The van der Waals surface area contributed by atoms with Gasteiger partial charge in [0.1, 0.15) is 23.1 Å². The minimum absolute atomic E-state index is 0.0277. The molecule has 3 heterocycles. The molecule has 1 unspecified atom stereocenters. The number of aromatic nitrogens is 4. The fourth-order valence-electron chi connectivity index (χ4n) is 2.18. The summed E-state index contributed by atoms with van der Waals surface area (Å²) in [5.74, 6) is 0.141. The fourth-order valence-corrected chi connectivity index (χ4v) is 2.69. The quantitative estimate of drug-likeness (QED) is 0.523. The number of rotatable bonds is 2. The molecule has 0 bridgehead atoms. The van der Waals surface area contributed by atoms with Gasteiger partial charge in [-0.1, -0.05) is 0 Å². The number of aliphatic hydroxyl groups is 2. The summed E-state index contributed by atoms with van der Waals surface area (Å²) < 4.78 is 7.02. The van der Waals surface area contributed by atoms with Gasteiger partial charge in [0, 0.05) is 0 Å². The Bertz CT molecular complexity index is 651. The molecule has 0 spiro atoms. The lowest BCUT2D eigenvalue weighted by Crippen LogP contribution is -2.29. The summed E-state index contributed by atoms with van der Waals surface area (Å²) in [7, 11) is 0. The fraction of sp³-hybridized carbons (Fsp3) is 0.500. The average Bonchev–Trinajstić information content (AvgIpc) is 2.93. The lowest BCUT2D eigenvalue weighted by molar-refractivity contribution is -0.0431. The molecule has 20 heavy (non-hydrogen) atoms. The molecule has 0 amide bonds. The molecule has 3 rings (SSSR count). The van der Waals surface area contributed by atoms with Crippen LogP contribution < -0.4 is 5.73 Å². The molecule has 10 heteroatoms. The van der Waals surface area contributed by atoms with Gasteiger partial charge in [-0.05, 0) is 11.6 Å². The Morgan fingerprint density at radius 1 is 1.45 bits per heavy atom. The first-order valence-corrected chi connectivity index (χ1v) is 6.58. The number of halogens is 2. The lowest BCUT2D eigenvalue weighted by atomic mass is 10.2. The Hall–Kier alpha value is -1.19. The second kappa shape index (κ2) is 4.97. The van der Waals surface area contributed by atoms with E-state index in [-0.39, 0.29) is 17.7 Å². The molecule has 108 valence electrons. The minimum atomic E-state index is -1.00. The van der Waals surface area contributed by atoms with Gasteiger partial charge in [-0.15, -0.1) is 11.6 Å². The number of nitrogen functional groups attached to an aromatic ring is 1. The van der Waals surface area contributed by atoms with E-state index in [9.17, 15) is 5.11 Å². The monoisotopic (exact) mass is 319 g/mol. The molecule has 2 aromatic heterocycles. The number of imidazole rings is 1. The number of nitrogens with two attached hydrogens (primary N) is 1. The number of hydrogen-bond acceptors (Lipinski definition) is 7. The number of nitrogens with zero attached hydrogens (tertiary/aromatic N) is 4. The smallest absolute Gasteiger partial charge is 0.226 e. The van der Waals surface area contributed by atoms with E-state index in [0.717, 1.165) is 0 Å². The van der Waals surface area contributed by atoms with Crippen LogP contribution in [0.1, 0.15) is 6.23 Å². The lowest BCUT2D eigenvalue weighted by Gasteiger charge is -2.15. The second-order valence-electron chi connectivity index (χ2n) is 4.38. The second-order valence-corrected chi connectivity index (χ2v) is 5.23. The van der Waals surface area contributed by atoms with Gasteiger partial charge in [-0.2, -0.15) is 9.97 Å². The van der Waals surface area contributed by atoms with Gasteiger partial charge in [0.2, 0.25) is 5.28 Å². The van der Waals surface area contributed by atoms with E-state index >= 15 is 0 Å². The van der Waals surface area contributed by atoms with Crippen LogP contribution in [0.3, 0.4) is 0 Å². The zero-order valence-corrected chi connectivity index (χ0v) is 11.5. The summed E-state index contributed by atoms with van der Waals surface area (Å²) in [6.07, 6.45) is -1.08. The topological polar surface area (TPSA) is 119 Å². The zero-order chi connectivity index (χ0) is 14.4. The molecule has 8 nitrogen and oxygen atoms in total. The third kappa shape index (κ3) is 2.00. The highest BCUT2D eigenvalue weighted by atomic mass is 35.5. The normalized spacial score (nSPS) is 30.2. The molecular weight excluding hydrogens is 309 g/mol. The van der Waals surface area contributed by atoms with Gasteiger partial charge in [0.25, 0.3) is 0 Å². The standard InChI is InChI=1S/C10H11Cl2N5O3/c11-4-6(19)3(1-18)20-9(4)17-2-14-5-7(13)15-10(12)16-8(5)17/h2-4,6,9,18-19H,1H2,(H2,13,15,16)/t3-,4?,6+,9-/m1/s1. The molecule has 1 aliphatic rings. The van der Waals surface area contributed by atoms with Crippen LogP contribution >= 0.6 is 23.2 Å². The summed E-state index contributed by atoms with van der Waals surface area (Å²) in [5.41, 5.74) is 6.43. The van der Waals surface area contributed by atoms with Crippen molar-refractivity contribution in [2.24, 2.45) is 0 Å². The van der Waals surface area contributed by atoms with E-state index < -0.39 is 23.8 Å². The number of aliphatic hydroxyl groups excluding tert-OH is 2. The Balaban J connectivity index is 2.07. The average molecular weight is 320 g/mol. The molecule has 4 atom stereocenters. The highest BCUT2D eigenvalue weighted by molar-refractivity contribution is 6.28. The van der Waals surface area contributed by atoms with Crippen molar-refractivity contribution in [3.05, 3.63) is 11.6 Å². The van der Waals surface area contributed by atoms with Crippen LogP contribution in [0.4, 0.5) is 5.82 Å². The highest BCUT2D eigenvalue weighted by Crippen LogP contribution is 2.35. The molecule has 4 N–H and O–H groups in total. The molecule has 0 radical (unpaired) electrons. The van der Waals surface area contributed by atoms with E-state index in [1.807, 2.05) is 0 Å². The molecule has 1 fully saturated rings. The third-order valence-electron chi connectivity index (χ3n) is 3.17. The first-order valence-electron chi connectivity index (χ1n) is 5.77. The van der Waals surface area contributed by atoms with Gasteiger partial charge < -0.3 is 20.7 Å². The number of alkyl halides is 1. The van der Waals surface area contributed by atoms with Gasteiger partial charge >= 0.3 is 0 Å². The number of ether oxygens (including phenoxy) is 1. The van der Waals surface area contributed by atoms with Crippen LogP contribution in [0, 0.1) is 0 Å². The highest BCUT2D eigenvalue weighted by Gasteiger charge is 2.43. The number of hydrogen-bond donors (Lipinski definition) is 3. The maximum atomic E-state index is 9.87.